The van der Waals surface area contributed by atoms with Gasteiger partial charge < -0.3 is 4.90 Å². The topological polar surface area (TPSA) is 46.1 Å². The maximum Gasteiger partial charge on any atom is 0.274 e. The van der Waals surface area contributed by atoms with Gasteiger partial charge in [-0.25, -0.2) is 9.97 Å². The van der Waals surface area contributed by atoms with E-state index in [1.807, 2.05) is 23.1 Å². The van der Waals surface area contributed by atoms with Crippen molar-refractivity contribution < 1.29 is 4.79 Å². The Balaban J connectivity index is 1.71. The van der Waals surface area contributed by atoms with Crippen molar-refractivity contribution in [2.45, 2.75) is 25.3 Å². The molecule has 7 heteroatoms. The number of nitrogens with zero attached hydrogens (tertiary/aromatic N) is 3. The third kappa shape index (κ3) is 3.24. The van der Waals surface area contributed by atoms with Crippen molar-refractivity contribution in [2.24, 2.45) is 0 Å². The molecule has 3 heterocycles. The molecule has 1 aliphatic rings. The van der Waals surface area contributed by atoms with Crippen LogP contribution in [0.1, 0.15) is 40.8 Å². The Morgan fingerprint density at radius 1 is 1.12 bits per heavy atom. The molecule has 25 heavy (non-hydrogen) atoms. The summed E-state index contributed by atoms with van der Waals surface area (Å²) >= 11 is 13.8. The maximum atomic E-state index is 13.1. The Bertz CT molecular complexity index is 910. The quantitative estimate of drug-likeness (QED) is 0.551. The number of rotatable bonds is 2. The Morgan fingerprint density at radius 3 is 2.80 bits per heavy atom. The molecule has 2 aromatic heterocycles. The van der Waals surface area contributed by atoms with Crippen LogP contribution in [0.15, 0.2) is 36.4 Å². The number of hydrogen-bond acceptors (Lipinski definition) is 4. The molecule has 3 aromatic rings. The van der Waals surface area contributed by atoms with Crippen molar-refractivity contribution in [3.63, 3.8) is 0 Å². The average Bonchev–Trinajstić information content (AvgIpc) is 3.07. The number of benzene rings is 1. The number of para-hydroxylation sites is 1. The summed E-state index contributed by atoms with van der Waals surface area (Å²) in [5, 5.41) is 1.55. The number of pyridine rings is 1. The first-order valence-electron chi connectivity index (χ1n) is 8.12. The van der Waals surface area contributed by atoms with Gasteiger partial charge in [0.05, 0.1) is 21.3 Å². The minimum Gasteiger partial charge on any atom is -0.328 e. The third-order valence-corrected chi connectivity index (χ3v) is 6.03. The number of likely N-dealkylation sites (tertiary alicyclic amines) is 1. The molecule has 0 bridgehead atoms. The normalized spacial score (nSPS) is 17.8. The summed E-state index contributed by atoms with van der Waals surface area (Å²) < 4.78 is 1.13. The minimum atomic E-state index is -0.184. The summed E-state index contributed by atoms with van der Waals surface area (Å²) in [6.07, 6.45) is 2.93. The predicted molar refractivity (Wildman–Crippen MR) is 102 cm³/mol. The lowest BCUT2D eigenvalue weighted by molar-refractivity contribution is 0.0605. The molecule has 4 rings (SSSR count). The van der Waals surface area contributed by atoms with Crippen molar-refractivity contribution in [3.05, 3.63) is 57.3 Å². The summed E-state index contributed by atoms with van der Waals surface area (Å²) in [6.45, 7) is 0.671. The summed E-state index contributed by atoms with van der Waals surface area (Å²) in [6, 6.07) is 11.2. The summed E-state index contributed by atoms with van der Waals surface area (Å²) in [5.41, 5.74) is 1.18. The van der Waals surface area contributed by atoms with Crippen LogP contribution in [0.3, 0.4) is 0 Å². The molecule has 1 aliphatic heterocycles. The van der Waals surface area contributed by atoms with Gasteiger partial charge in [0.1, 0.15) is 15.9 Å². The van der Waals surface area contributed by atoms with Crippen molar-refractivity contribution in [2.75, 3.05) is 6.54 Å². The Kier molecular flexibility index (Phi) is 4.63. The highest BCUT2D eigenvalue weighted by Crippen LogP contribution is 2.36. The number of hydrogen-bond donors (Lipinski definition) is 0. The second-order valence-corrected chi connectivity index (χ2v) is 7.85. The Morgan fingerprint density at radius 2 is 1.96 bits per heavy atom. The van der Waals surface area contributed by atoms with E-state index in [4.69, 9.17) is 28.2 Å². The highest BCUT2D eigenvalue weighted by molar-refractivity contribution is 7.18. The first kappa shape index (κ1) is 16.8. The minimum absolute atomic E-state index is 0.0458. The molecule has 4 nitrogen and oxygen atoms in total. The van der Waals surface area contributed by atoms with E-state index in [2.05, 4.69) is 11.1 Å². The van der Waals surface area contributed by atoms with Crippen molar-refractivity contribution in [3.8, 4) is 0 Å². The second kappa shape index (κ2) is 6.90. The van der Waals surface area contributed by atoms with E-state index in [0.29, 0.717) is 11.6 Å². The number of thiazole rings is 1. The van der Waals surface area contributed by atoms with Gasteiger partial charge in [-0.05, 0) is 43.5 Å². The molecule has 0 spiro atoms. The summed E-state index contributed by atoms with van der Waals surface area (Å²) in [7, 11) is 0. The summed E-state index contributed by atoms with van der Waals surface area (Å²) in [5.74, 6) is -0.184. The van der Waals surface area contributed by atoms with Gasteiger partial charge in [0.25, 0.3) is 5.91 Å². The number of carbonyl (C=O) groups excluding carboxylic acids is 1. The lowest BCUT2D eigenvalue weighted by Gasteiger charge is -2.34. The van der Waals surface area contributed by atoms with E-state index in [9.17, 15) is 4.79 Å². The van der Waals surface area contributed by atoms with Gasteiger partial charge >= 0.3 is 0 Å². The largest absolute Gasteiger partial charge is 0.328 e. The first-order chi connectivity index (χ1) is 12.1. The Hall–Kier alpha value is -1.69. The number of piperidine rings is 1. The second-order valence-electron chi connectivity index (χ2n) is 5.99. The number of carbonyl (C=O) groups is 1. The van der Waals surface area contributed by atoms with Gasteiger partial charge in [0.2, 0.25) is 0 Å². The summed E-state index contributed by atoms with van der Waals surface area (Å²) in [4.78, 5) is 23.8. The fourth-order valence-electron chi connectivity index (χ4n) is 3.17. The first-order valence-corrected chi connectivity index (χ1v) is 9.69. The molecule has 1 fully saturated rings. The molecule has 0 unspecified atom stereocenters. The standard InChI is InChI=1S/C18H15Cl2N3OS/c19-11-8-9-15(20)22-16(11)18(24)23-10-4-3-6-13(23)17-21-12-5-1-2-7-14(12)25-17/h1-2,5,7-9,13H,3-4,6,10H2/t13-/m0/s1. The van der Waals surface area contributed by atoms with E-state index in [0.717, 1.165) is 34.5 Å². The van der Waals surface area contributed by atoms with Crippen LogP contribution >= 0.6 is 34.5 Å². The molecule has 1 saturated heterocycles. The van der Waals surface area contributed by atoms with Gasteiger partial charge in [-0.2, -0.15) is 0 Å². The molecule has 0 radical (unpaired) electrons. The lowest BCUT2D eigenvalue weighted by Crippen LogP contribution is -2.39. The van der Waals surface area contributed by atoms with Crippen LogP contribution in [0.2, 0.25) is 10.2 Å². The third-order valence-electron chi connectivity index (χ3n) is 4.37. The van der Waals surface area contributed by atoms with E-state index in [-0.39, 0.29) is 22.8 Å². The van der Waals surface area contributed by atoms with Gasteiger partial charge in [0, 0.05) is 6.54 Å². The van der Waals surface area contributed by atoms with E-state index in [1.165, 1.54) is 0 Å². The van der Waals surface area contributed by atoms with Crippen LogP contribution in [-0.4, -0.2) is 27.3 Å². The van der Waals surface area contributed by atoms with Crippen LogP contribution in [-0.2, 0) is 0 Å². The Labute approximate surface area is 159 Å². The van der Waals surface area contributed by atoms with Gasteiger partial charge in [-0.3, -0.25) is 4.79 Å². The molecule has 128 valence electrons. The van der Waals surface area contributed by atoms with Crippen LogP contribution < -0.4 is 0 Å². The monoisotopic (exact) mass is 391 g/mol. The van der Waals surface area contributed by atoms with Gasteiger partial charge in [0.15, 0.2) is 0 Å². The maximum absolute atomic E-state index is 13.1. The number of halogens is 2. The lowest BCUT2D eigenvalue weighted by atomic mass is 10.0. The van der Waals surface area contributed by atoms with E-state index >= 15 is 0 Å². The number of aromatic nitrogens is 2. The van der Waals surface area contributed by atoms with E-state index in [1.54, 1.807) is 23.5 Å². The molecule has 0 N–H and O–H groups in total. The molecule has 1 aromatic carbocycles. The zero-order valence-electron chi connectivity index (χ0n) is 13.3. The van der Waals surface area contributed by atoms with Crippen LogP contribution in [0, 0.1) is 0 Å². The average molecular weight is 392 g/mol. The fourth-order valence-corrected chi connectivity index (χ4v) is 4.62. The van der Waals surface area contributed by atoms with Gasteiger partial charge in [-0.1, -0.05) is 35.3 Å². The highest BCUT2D eigenvalue weighted by atomic mass is 35.5. The zero-order chi connectivity index (χ0) is 17.4. The van der Waals surface area contributed by atoms with Crippen molar-refractivity contribution >= 4 is 50.7 Å². The van der Waals surface area contributed by atoms with Gasteiger partial charge in [-0.15, -0.1) is 11.3 Å². The molecule has 0 saturated carbocycles. The van der Waals surface area contributed by atoms with Crippen LogP contribution in [0.25, 0.3) is 10.2 Å². The highest BCUT2D eigenvalue weighted by Gasteiger charge is 2.32. The smallest absolute Gasteiger partial charge is 0.274 e. The molecular weight excluding hydrogens is 377 g/mol. The van der Waals surface area contributed by atoms with Crippen molar-refractivity contribution in [1.82, 2.24) is 14.9 Å². The number of fused-ring (bicyclic) bond motifs is 1. The molecule has 1 amide bonds. The van der Waals surface area contributed by atoms with E-state index < -0.39 is 0 Å². The predicted octanol–water partition coefficient (Wildman–Crippen LogP) is 5.37. The van der Waals surface area contributed by atoms with Crippen LogP contribution in [0.4, 0.5) is 0 Å². The fraction of sp³-hybridized carbons (Fsp3) is 0.278. The van der Waals surface area contributed by atoms with Crippen molar-refractivity contribution in [1.29, 1.82) is 0 Å². The SMILES string of the molecule is O=C(c1nc(Cl)ccc1Cl)N1CCCC[C@H]1c1nc2ccccc2s1. The van der Waals surface area contributed by atoms with Crippen LogP contribution in [0.5, 0.6) is 0 Å². The molecule has 1 atom stereocenters. The zero-order valence-corrected chi connectivity index (χ0v) is 15.6. The number of amides is 1. The molecular formula is C18H15Cl2N3OS. The molecule has 0 aliphatic carbocycles.